The topological polar surface area (TPSA) is 77.8 Å². The van der Waals surface area contributed by atoms with Crippen molar-refractivity contribution in [2.24, 2.45) is 0 Å². The fourth-order valence-corrected chi connectivity index (χ4v) is 3.80. The second-order valence-corrected chi connectivity index (χ2v) is 7.24. The molecule has 2 heterocycles. The maximum Gasteiger partial charge on any atom is 0.241 e. The predicted octanol–water partition coefficient (Wildman–Crippen LogP) is 2.83. The van der Waals surface area contributed by atoms with Crippen LogP contribution in [0.15, 0.2) is 42.5 Å². The summed E-state index contributed by atoms with van der Waals surface area (Å²) in [7, 11) is 0. The van der Waals surface area contributed by atoms with Crippen molar-refractivity contribution in [1.29, 1.82) is 5.26 Å². The molecule has 0 saturated carbocycles. The minimum absolute atomic E-state index is 0.0465. The van der Waals surface area contributed by atoms with Gasteiger partial charge in [-0.1, -0.05) is 12.1 Å². The second-order valence-electron chi connectivity index (χ2n) is 7.24. The fourth-order valence-electron chi connectivity index (χ4n) is 3.80. The van der Waals surface area contributed by atoms with Crippen LogP contribution in [0, 0.1) is 11.3 Å². The first-order chi connectivity index (χ1) is 14.2. The highest BCUT2D eigenvalue weighted by atomic mass is 16.7. The Morgan fingerprint density at radius 1 is 1.10 bits per heavy atom. The van der Waals surface area contributed by atoms with Crippen LogP contribution in [0.2, 0.25) is 0 Å². The average Bonchev–Trinajstić information content (AvgIpc) is 3.08. The maximum atomic E-state index is 12.8. The van der Waals surface area contributed by atoms with E-state index in [1.807, 2.05) is 37.3 Å². The largest absolute Gasteiger partial charge is 0.454 e. The summed E-state index contributed by atoms with van der Waals surface area (Å²) in [4.78, 5) is 17.2. The summed E-state index contributed by atoms with van der Waals surface area (Å²) in [5, 5.41) is 12.4. The number of hydrogen-bond acceptors (Lipinski definition) is 6. The molecule has 1 fully saturated rings. The minimum Gasteiger partial charge on any atom is -0.454 e. The van der Waals surface area contributed by atoms with Gasteiger partial charge in [0.25, 0.3) is 0 Å². The summed E-state index contributed by atoms with van der Waals surface area (Å²) < 4.78 is 10.7. The summed E-state index contributed by atoms with van der Waals surface area (Å²) in [6, 6.07) is 15.1. The molecule has 2 aliphatic heterocycles. The monoisotopic (exact) mass is 392 g/mol. The molecule has 2 aromatic rings. The smallest absolute Gasteiger partial charge is 0.241 e. The summed E-state index contributed by atoms with van der Waals surface area (Å²) in [5.41, 5.74) is 2.36. The zero-order chi connectivity index (χ0) is 20.2. The van der Waals surface area contributed by atoms with Crippen molar-refractivity contribution in [3.63, 3.8) is 0 Å². The Kier molecular flexibility index (Phi) is 5.54. The van der Waals surface area contributed by atoms with E-state index in [2.05, 4.69) is 21.2 Å². The van der Waals surface area contributed by atoms with Crippen molar-refractivity contribution in [1.82, 2.24) is 4.90 Å². The number of carbonyl (C=O) groups is 1. The third kappa shape index (κ3) is 4.13. The lowest BCUT2D eigenvalue weighted by Gasteiger charge is -2.27. The maximum absolute atomic E-state index is 12.8. The number of para-hydroxylation sites is 1. The summed E-state index contributed by atoms with van der Waals surface area (Å²) in [6.45, 7) is 5.38. The van der Waals surface area contributed by atoms with E-state index >= 15 is 0 Å². The number of amides is 1. The Hall–Kier alpha value is -3.24. The average molecular weight is 392 g/mol. The number of ether oxygens (including phenoxy) is 2. The van der Waals surface area contributed by atoms with Gasteiger partial charge in [-0.05, 0) is 37.6 Å². The highest BCUT2D eigenvalue weighted by Gasteiger charge is 2.25. The Morgan fingerprint density at radius 2 is 1.93 bits per heavy atom. The molecule has 7 nitrogen and oxygen atoms in total. The first kappa shape index (κ1) is 19.1. The molecule has 1 amide bonds. The van der Waals surface area contributed by atoms with Gasteiger partial charge >= 0.3 is 0 Å². The SMILES string of the molecule is CC(C(=O)Nc1ccc2c(c1)OCO2)N1CCCN(c2ccccc2C#N)CC1. The molecule has 0 aromatic heterocycles. The number of fused-ring (bicyclic) bond motifs is 1. The van der Waals surface area contributed by atoms with Gasteiger partial charge in [0.1, 0.15) is 6.07 Å². The molecule has 0 aliphatic carbocycles. The van der Waals surface area contributed by atoms with E-state index in [9.17, 15) is 10.1 Å². The van der Waals surface area contributed by atoms with Gasteiger partial charge in [-0.2, -0.15) is 5.26 Å². The zero-order valence-electron chi connectivity index (χ0n) is 16.4. The van der Waals surface area contributed by atoms with E-state index in [4.69, 9.17) is 9.47 Å². The van der Waals surface area contributed by atoms with Crippen LogP contribution in [0.25, 0.3) is 0 Å². The third-order valence-electron chi connectivity index (χ3n) is 5.46. The van der Waals surface area contributed by atoms with Crippen molar-refractivity contribution in [2.45, 2.75) is 19.4 Å². The highest BCUT2D eigenvalue weighted by Crippen LogP contribution is 2.34. The van der Waals surface area contributed by atoms with Crippen LogP contribution in [0.5, 0.6) is 11.5 Å². The van der Waals surface area contributed by atoms with Gasteiger partial charge in [-0.25, -0.2) is 0 Å². The van der Waals surface area contributed by atoms with Crippen LogP contribution in [0.1, 0.15) is 18.9 Å². The molecule has 150 valence electrons. The Morgan fingerprint density at radius 3 is 2.79 bits per heavy atom. The van der Waals surface area contributed by atoms with Crippen molar-refractivity contribution < 1.29 is 14.3 Å². The summed E-state index contributed by atoms with van der Waals surface area (Å²) in [6.07, 6.45) is 0.932. The molecule has 1 atom stereocenters. The number of benzene rings is 2. The lowest BCUT2D eigenvalue weighted by atomic mass is 10.1. The van der Waals surface area contributed by atoms with Crippen molar-refractivity contribution in [3.8, 4) is 17.6 Å². The van der Waals surface area contributed by atoms with E-state index in [0.29, 0.717) is 22.7 Å². The lowest BCUT2D eigenvalue weighted by Crippen LogP contribution is -2.44. The minimum atomic E-state index is -0.258. The van der Waals surface area contributed by atoms with Gasteiger partial charge in [0.2, 0.25) is 12.7 Å². The van der Waals surface area contributed by atoms with Crippen LogP contribution in [-0.2, 0) is 4.79 Å². The standard InChI is InChI=1S/C22H24N4O3/c1-16(22(27)24-18-7-8-20-21(13-18)29-15-28-20)25-9-4-10-26(12-11-25)19-6-3-2-5-17(19)14-23/h2-3,5-8,13,16H,4,9-12,15H2,1H3,(H,24,27). The molecule has 4 rings (SSSR count). The van der Waals surface area contributed by atoms with Gasteiger partial charge in [-0.15, -0.1) is 0 Å². The number of anilines is 2. The molecule has 0 radical (unpaired) electrons. The van der Waals surface area contributed by atoms with Crippen molar-refractivity contribution >= 4 is 17.3 Å². The highest BCUT2D eigenvalue weighted by molar-refractivity contribution is 5.94. The first-order valence-electron chi connectivity index (χ1n) is 9.84. The molecule has 1 unspecified atom stereocenters. The van der Waals surface area contributed by atoms with Crippen LogP contribution < -0.4 is 19.7 Å². The first-order valence-corrected chi connectivity index (χ1v) is 9.84. The second kappa shape index (κ2) is 8.41. The molecule has 0 spiro atoms. The van der Waals surface area contributed by atoms with Crippen molar-refractivity contribution in [2.75, 3.05) is 43.2 Å². The molecule has 0 bridgehead atoms. The number of hydrogen-bond donors (Lipinski definition) is 1. The molecule has 2 aromatic carbocycles. The fraction of sp³-hybridized carbons (Fsp3) is 0.364. The molecule has 1 saturated heterocycles. The van der Waals surface area contributed by atoms with E-state index in [0.717, 1.165) is 38.3 Å². The van der Waals surface area contributed by atoms with E-state index in [-0.39, 0.29) is 18.7 Å². The quantitative estimate of drug-likeness (QED) is 0.862. The summed E-state index contributed by atoms with van der Waals surface area (Å²) in [5.74, 6) is 1.30. The molecule has 2 aliphatic rings. The van der Waals surface area contributed by atoms with E-state index in [1.165, 1.54) is 0 Å². The molecule has 29 heavy (non-hydrogen) atoms. The summed E-state index contributed by atoms with van der Waals surface area (Å²) >= 11 is 0. The van der Waals surface area contributed by atoms with Gasteiger partial charge in [-0.3, -0.25) is 9.69 Å². The van der Waals surface area contributed by atoms with E-state index < -0.39 is 0 Å². The van der Waals surface area contributed by atoms with Crippen LogP contribution in [0.3, 0.4) is 0 Å². The Bertz CT molecular complexity index is 940. The number of nitriles is 1. The number of rotatable bonds is 4. The van der Waals surface area contributed by atoms with Gasteiger partial charge in [0, 0.05) is 37.9 Å². The van der Waals surface area contributed by atoms with Gasteiger partial charge < -0.3 is 19.7 Å². The van der Waals surface area contributed by atoms with E-state index in [1.54, 1.807) is 12.1 Å². The van der Waals surface area contributed by atoms with Crippen molar-refractivity contribution in [3.05, 3.63) is 48.0 Å². The molecular weight excluding hydrogens is 368 g/mol. The van der Waals surface area contributed by atoms with Crippen LogP contribution in [0.4, 0.5) is 11.4 Å². The Balaban J connectivity index is 1.38. The number of nitrogens with one attached hydrogen (secondary N) is 1. The normalized spacial score (nSPS) is 17.3. The molecular formula is C22H24N4O3. The third-order valence-corrected chi connectivity index (χ3v) is 5.46. The van der Waals surface area contributed by atoms with Gasteiger partial charge in [0.05, 0.1) is 17.3 Å². The number of nitrogens with zero attached hydrogens (tertiary/aromatic N) is 3. The molecule has 1 N–H and O–H groups in total. The predicted molar refractivity (Wildman–Crippen MR) is 110 cm³/mol. The lowest BCUT2D eigenvalue weighted by molar-refractivity contribution is -0.120. The van der Waals surface area contributed by atoms with Crippen LogP contribution >= 0.6 is 0 Å². The Labute approximate surface area is 170 Å². The van der Waals surface area contributed by atoms with Gasteiger partial charge in [0.15, 0.2) is 11.5 Å². The van der Waals surface area contributed by atoms with Crippen LogP contribution in [-0.4, -0.2) is 49.8 Å². The zero-order valence-corrected chi connectivity index (χ0v) is 16.4. The molecule has 7 heteroatoms. The number of carbonyl (C=O) groups excluding carboxylic acids is 1.